The lowest BCUT2D eigenvalue weighted by Gasteiger charge is -2.34. The van der Waals surface area contributed by atoms with Crippen molar-refractivity contribution in [3.63, 3.8) is 0 Å². The Morgan fingerprint density at radius 1 is 1.61 bits per heavy atom. The van der Waals surface area contributed by atoms with E-state index in [4.69, 9.17) is 0 Å². The third-order valence-corrected chi connectivity index (χ3v) is 3.70. The number of nitrogens with zero attached hydrogens (tertiary/aromatic N) is 2. The van der Waals surface area contributed by atoms with Crippen LogP contribution in [0.1, 0.15) is 30.1 Å². The Labute approximate surface area is 116 Å². The van der Waals surface area contributed by atoms with Crippen LogP contribution in [0.15, 0.2) is 22.9 Å². The van der Waals surface area contributed by atoms with Crippen molar-refractivity contribution in [3.05, 3.63) is 28.5 Å². The summed E-state index contributed by atoms with van der Waals surface area (Å²) in [5, 5.41) is 3.35. The van der Waals surface area contributed by atoms with E-state index in [1.54, 1.807) is 12.4 Å². The molecule has 1 aliphatic heterocycles. The van der Waals surface area contributed by atoms with Crippen molar-refractivity contribution >= 4 is 21.8 Å². The monoisotopic (exact) mass is 311 g/mol. The SMILES string of the molecule is CCN(C(=O)c1cncc(Br)c1)C1CCCNC1. The van der Waals surface area contributed by atoms with Crippen LogP contribution in [0.4, 0.5) is 0 Å². The van der Waals surface area contributed by atoms with E-state index in [9.17, 15) is 4.79 Å². The largest absolute Gasteiger partial charge is 0.335 e. The molecule has 1 aromatic rings. The lowest BCUT2D eigenvalue weighted by Crippen LogP contribution is -2.48. The van der Waals surface area contributed by atoms with Gasteiger partial charge in [0.15, 0.2) is 0 Å². The molecule has 2 heterocycles. The van der Waals surface area contributed by atoms with Crippen LogP contribution in [0.5, 0.6) is 0 Å². The topological polar surface area (TPSA) is 45.2 Å². The van der Waals surface area contributed by atoms with E-state index in [-0.39, 0.29) is 5.91 Å². The highest BCUT2D eigenvalue weighted by molar-refractivity contribution is 9.10. The number of pyridine rings is 1. The van der Waals surface area contributed by atoms with E-state index in [0.29, 0.717) is 11.6 Å². The molecule has 1 atom stereocenters. The van der Waals surface area contributed by atoms with Gasteiger partial charge in [-0.05, 0) is 48.3 Å². The Balaban J connectivity index is 2.14. The maximum Gasteiger partial charge on any atom is 0.255 e. The van der Waals surface area contributed by atoms with Gasteiger partial charge in [-0.3, -0.25) is 9.78 Å². The zero-order valence-electron chi connectivity index (χ0n) is 10.5. The molecule has 0 bridgehead atoms. The second-order valence-corrected chi connectivity index (χ2v) is 5.40. The zero-order chi connectivity index (χ0) is 13.0. The number of nitrogens with one attached hydrogen (secondary N) is 1. The highest BCUT2D eigenvalue weighted by Gasteiger charge is 2.24. The number of halogens is 1. The van der Waals surface area contributed by atoms with Gasteiger partial charge in [-0.15, -0.1) is 0 Å². The van der Waals surface area contributed by atoms with Crippen LogP contribution in [0.2, 0.25) is 0 Å². The van der Waals surface area contributed by atoms with Crippen molar-refractivity contribution in [1.82, 2.24) is 15.2 Å². The van der Waals surface area contributed by atoms with Crippen LogP contribution in [0.3, 0.4) is 0 Å². The van der Waals surface area contributed by atoms with E-state index in [1.165, 1.54) is 0 Å². The molecular weight excluding hydrogens is 294 g/mol. The van der Waals surface area contributed by atoms with Gasteiger partial charge in [0.25, 0.3) is 5.91 Å². The van der Waals surface area contributed by atoms with Crippen molar-refractivity contribution < 1.29 is 4.79 Å². The Morgan fingerprint density at radius 3 is 3.06 bits per heavy atom. The van der Waals surface area contributed by atoms with Crippen LogP contribution >= 0.6 is 15.9 Å². The summed E-state index contributed by atoms with van der Waals surface area (Å²) in [4.78, 5) is 18.5. The Kier molecular flexibility index (Phi) is 4.72. The number of carbonyl (C=O) groups is 1. The van der Waals surface area contributed by atoms with Crippen LogP contribution in [0.25, 0.3) is 0 Å². The Bertz CT molecular complexity index is 418. The third-order valence-electron chi connectivity index (χ3n) is 3.27. The fraction of sp³-hybridized carbons (Fsp3) is 0.538. The number of hydrogen-bond acceptors (Lipinski definition) is 3. The van der Waals surface area contributed by atoms with E-state index >= 15 is 0 Å². The van der Waals surface area contributed by atoms with Crippen LogP contribution < -0.4 is 5.32 Å². The minimum absolute atomic E-state index is 0.0694. The normalized spacial score (nSPS) is 19.6. The first kappa shape index (κ1) is 13.5. The van der Waals surface area contributed by atoms with Gasteiger partial charge in [0.1, 0.15) is 0 Å². The first-order valence-corrected chi connectivity index (χ1v) is 7.14. The highest BCUT2D eigenvalue weighted by Crippen LogP contribution is 2.16. The Hall–Kier alpha value is -0.940. The van der Waals surface area contributed by atoms with Gasteiger partial charge in [0, 0.05) is 36.0 Å². The number of aromatic nitrogens is 1. The fourth-order valence-electron chi connectivity index (χ4n) is 2.36. The minimum atomic E-state index is 0.0694. The predicted octanol–water partition coefficient (Wildman–Crippen LogP) is 2.06. The van der Waals surface area contributed by atoms with Crippen molar-refractivity contribution in [2.75, 3.05) is 19.6 Å². The molecule has 4 nitrogen and oxygen atoms in total. The highest BCUT2D eigenvalue weighted by atomic mass is 79.9. The number of carbonyl (C=O) groups excluding carboxylic acids is 1. The van der Waals surface area contributed by atoms with Crippen LogP contribution in [-0.4, -0.2) is 41.5 Å². The quantitative estimate of drug-likeness (QED) is 0.929. The molecular formula is C13H18BrN3O. The van der Waals surface area contributed by atoms with Crippen molar-refractivity contribution in [2.45, 2.75) is 25.8 Å². The van der Waals surface area contributed by atoms with E-state index in [0.717, 1.165) is 36.9 Å². The van der Waals surface area contributed by atoms with Gasteiger partial charge in [-0.1, -0.05) is 0 Å². The van der Waals surface area contributed by atoms with Crippen molar-refractivity contribution in [2.24, 2.45) is 0 Å². The molecule has 5 heteroatoms. The second-order valence-electron chi connectivity index (χ2n) is 4.48. The molecule has 2 rings (SSSR count). The summed E-state index contributed by atoms with van der Waals surface area (Å²) in [6.45, 7) is 4.71. The molecule has 0 aromatic carbocycles. The lowest BCUT2D eigenvalue weighted by atomic mass is 10.0. The zero-order valence-corrected chi connectivity index (χ0v) is 12.1. The summed E-state index contributed by atoms with van der Waals surface area (Å²) < 4.78 is 0.839. The van der Waals surface area contributed by atoms with Gasteiger partial charge in [-0.2, -0.15) is 0 Å². The van der Waals surface area contributed by atoms with E-state index in [2.05, 4.69) is 26.2 Å². The van der Waals surface area contributed by atoms with Gasteiger partial charge in [0.05, 0.1) is 5.56 Å². The minimum Gasteiger partial charge on any atom is -0.335 e. The predicted molar refractivity (Wildman–Crippen MR) is 74.5 cm³/mol. The van der Waals surface area contributed by atoms with Crippen LogP contribution in [0, 0.1) is 0 Å². The number of rotatable bonds is 3. The molecule has 1 N–H and O–H groups in total. The summed E-state index contributed by atoms with van der Waals surface area (Å²) in [5.41, 5.74) is 0.650. The standard InChI is InChI=1S/C13H18BrN3O/c1-2-17(12-4-3-5-15-9-12)13(18)10-6-11(14)8-16-7-10/h6-8,12,15H,2-5,9H2,1H3. The lowest BCUT2D eigenvalue weighted by molar-refractivity contribution is 0.0661. The molecule has 1 saturated heterocycles. The Morgan fingerprint density at radius 2 is 2.44 bits per heavy atom. The van der Waals surface area contributed by atoms with Crippen LogP contribution in [-0.2, 0) is 0 Å². The number of hydrogen-bond donors (Lipinski definition) is 1. The summed E-state index contributed by atoms with van der Waals surface area (Å²) in [7, 11) is 0. The molecule has 1 amide bonds. The smallest absolute Gasteiger partial charge is 0.255 e. The molecule has 0 radical (unpaired) electrons. The van der Waals surface area contributed by atoms with Gasteiger partial charge < -0.3 is 10.2 Å². The number of amides is 1. The molecule has 0 spiro atoms. The van der Waals surface area contributed by atoms with Gasteiger partial charge in [0.2, 0.25) is 0 Å². The molecule has 98 valence electrons. The van der Waals surface area contributed by atoms with Crippen molar-refractivity contribution in [1.29, 1.82) is 0 Å². The van der Waals surface area contributed by atoms with E-state index in [1.807, 2.05) is 17.9 Å². The van der Waals surface area contributed by atoms with Crippen molar-refractivity contribution in [3.8, 4) is 0 Å². The molecule has 18 heavy (non-hydrogen) atoms. The molecule has 0 aliphatic carbocycles. The first-order chi connectivity index (χ1) is 8.72. The average molecular weight is 312 g/mol. The molecule has 1 aliphatic rings. The van der Waals surface area contributed by atoms with Gasteiger partial charge >= 0.3 is 0 Å². The molecule has 1 fully saturated rings. The summed E-state index contributed by atoms with van der Waals surface area (Å²) in [6, 6.07) is 2.13. The molecule has 1 unspecified atom stereocenters. The third kappa shape index (κ3) is 3.09. The number of likely N-dealkylation sites (N-methyl/N-ethyl adjacent to an activating group) is 1. The summed E-state index contributed by atoms with van der Waals surface area (Å²) >= 11 is 3.35. The molecule has 0 saturated carbocycles. The summed E-state index contributed by atoms with van der Waals surface area (Å²) in [6.07, 6.45) is 5.53. The summed E-state index contributed by atoms with van der Waals surface area (Å²) in [5.74, 6) is 0.0694. The second kappa shape index (κ2) is 6.29. The van der Waals surface area contributed by atoms with E-state index < -0.39 is 0 Å². The first-order valence-electron chi connectivity index (χ1n) is 6.34. The number of piperidine rings is 1. The maximum atomic E-state index is 12.5. The fourth-order valence-corrected chi connectivity index (χ4v) is 2.73. The van der Waals surface area contributed by atoms with Gasteiger partial charge in [-0.25, -0.2) is 0 Å². The average Bonchev–Trinajstić information content (AvgIpc) is 2.41. The maximum absolute atomic E-state index is 12.5. The molecule has 1 aromatic heterocycles.